The van der Waals surface area contributed by atoms with Gasteiger partial charge in [0.1, 0.15) is 33.2 Å². The van der Waals surface area contributed by atoms with E-state index in [9.17, 15) is 0 Å². The molecule has 41 heavy (non-hydrogen) atoms. The van der Waals surface area contributed by atoms with E-state index in [1.165, 1.54) is 0 Å². The van der Waals surface area contributed by atoms with Gasteiger partial charge >= 0.3 is 0 Å². The smallest absolute Gasteiger partial charge is 0.161 e. The Balaban J connectivity index is 1.72. The zero-order valence-corrected chi connectivity index (χ0v) is 26.0. The van der Waals surface area contributed by atoms with Crippen LogP contribution in [0.25, 0.3) is 15.9 Å². The molecule has 0 fully saturated rings. The van der Waals surface area contributed by atoms with Gasteiger partial charge in [0.25, 0.3) is 0 Å². The molecule has 0 bridgehead atoms. The molecule has 0 aliphatic carbocycles. The maximum Gasteiger partial charge on any atom is 0.161 e. The van der Waals surface area contributed by atoms with Gasteiger partial charge in [-0.2, -0.15) is 0 Å². The summed E-state index contributed by atoms with van der Waals surface area (Å²) >= 11 is 1.57. The first-order valence-electron chi connectivity index (χ1n) is 14.1. The van der Waals surface area contributed by atoms with Gasteiger partial charge in [-0.3, -0.25) is 0 Å². The molecule has 0 amide bonds. The Bertz CT molecular complexity index is 1420. The lowest BCUT2D eigenvalue weighted by Crippen LogP contribution is -2.17. The third-order valence-electron chi connectivity index (χ3n) is 5.94. The normalized spacial score (nSPS) is 12.8. The molecule has 2 heterocycles. The standard InChI is InChI=1S/C33H43N5O2S/c1-8-26(12-9-10-17-34-18-11-19-39-7)32-38-30-31(35-22-36-33(30)41-32)37-27-14-16-29(25(6)21-27)40-28(20-24(4)5)15-13-23(2)3/h8-9,12-16,20-22,24,34H,2,10-11,17-19H2,1,3-7H3,(H,35,36,37)/b12-9-,15-13-,26-8+,28-20+. The van der Waals surface area contributed by atoms with Gasteiger partial charge in [-0.1, -0.05) is 61.6 Å². The summed E-state index contributed by atoms with van der Waals surface area (Å²) < 4.78 is 11.3. The summed E-state index contributed by atoms with van der Waals surface area (Å²) in [5.74, 6) is 2.63. The molecule has 0 atom stereocenters. The van der Waals surface area contributed by atoms with Crippen molar-refractivity contribution < 1.29 is 9.47 Å². The monoisotopic (exact) mass is 573 g/mol. The Labute approximate surface area is 248 Å². The number of rotatable bonds is 16. The number of allylic oxidation sites excluding steroid dienone is 7. The molecule has 2 N–H and O–H groups in total. The molecule has 3 aromatic rings. The predicted octanol–water partition coefficient (Wildman–Crippen LogP) is 8.17. The molecule has 0 spiro atoms. The Morgan fingerprint density at radius 1 is 1.15 bits per heavy atom. The van der Waals surface area contributed by atoms with E-state index in [0.29, 0.717) is 11.7 Å². The van der Waals surface area contributed by atoms with E-state index >= 15 is 0 Å². The van der Waals surface area contributed by atoms with Gasteiger partial charge in [-0.15, -0.1) is 0 Å². The Hall–Kier alpha value is -3.59. The molecule has 0 unspecified atom stereocenters. The van der Waals surface area contributed by atoms with Crippen molar-refractivity contribution in [2.45, 2.75) is 47.5 Å². The van der Waals surface area contributed by atoms with Crippen molar-refractivity contribution in [3.05, 3.63) is 89.5 Å². The maximum atomic E-state index is 6.24. The third-order valence-corrected chi connectivity index (χ3v) is 6.95. The highest BCUT2D eigenvalue weighted by molar-refractivity contribution is 7.19. The first-order chi connectivity index (χ1) is 19.8. The maximum absolute atomic E-state index is 6.24. The number of nitrogens with zero attached hydrogens (tertiary/aromatic N) is 3. The number of nitrogens with one attached hydrogen (secondary N) is 2. The van der Waals surface area contributed by atoms with E-state index in [2.05, 4.69) is 71.4 Å². The lowest BCUT2D eigenvalue weighted by Gasteiger charge is -2.13. The van der Waals surface area contributed by atoms with Crippen molar-refractivity contribution in [3.8, 4) is 5.75 Å². The fraction of sp³-hybridized carbons (Fsp3) is 0.364. The van der Waals surface area contributed by atoms with E-state index in [1.807, 2.05) is 45.1 Å². The summed E-state index contributed by atoms with van der Waals surface area (Å²) in [6, 6.07) is 6.01. The second-order valence-corrected chi connectivity index (χ2v) is 11.1. The Kier molecular flexibility index (Phi) is 12.9. The van der Waals surface area contributed by atoms with Gasteiger partial charge in [0, 0.05) is 25.0 Å². The van der Waals surface area contributed by atoms with Crippen molar-refractivity contribution in [2.24, 2.45) is 5.92 Å². The van der Waals surface area contributed by atoms with Gasteiger partial charge in [0.15, 0.2) is 5.82 Å². The number of benzene rings is 1. The molecule has 7 nitrogen and oxygen atoms in total. The van der Waals surface area contributed by atoms with Crippen molar-refractivity contribution in [2.75, 3.05) is 32.1 Å². The van der Waals surface area contributed by atoms with Gasteiger partial charge in [-0.05, 0) is 88.5 Å². The molecule has 3 rings (SSSR count). The van der Waals surface area contributed by atoms with Crippen LogP contribution in [-0.4, -0.2) is 41.8 Å². The van der Waals surface area contributed by atoms with Crippen LogP contribution in [0, 0.1) is 12.8 Å². The molecule has 218 valence electrons. The number of aromatic nitrogens is 3. The number of fused-ring (bicyclic) bond motifs is 1. The van der Waals surface area contributed by atoms with E-state index in [4.69, 9.17) is 14.5 Å². The van der Waals surface area contributed by atoms with E-state index in [-0.39, 0.29) is 0 Å². The largest absolute Gasteiger partial charge is 0.457 e. The van der Waals surface area contributed by atoms with Crippen molar-refractivity contribution in [1.82, 2.24) is 20.3 Å². The highest BCUT2D eigenvalue weighted by atomic mass is 32.1. The van der Waals surface area contributed by atoms with Crippen molar-refractivity contribution in [1.29, 1.82) is 0 Å². The van der Waals surface area contributed by atoms with Gasteiger partial charge in [-0.25, -0.2) is 15.0 Å². The van der Waals surface area contributed by atoms with Crippen molar-refractivity contribution >= 4 is 38.8 Å². The first-order valence-corrected chi connectivity index (χ1v) is 14.9. The van der Waals surface area contributed by atoms with Crippen LogP contribution in [0.15, 0.2) is 78.9 Å². The number of anilines is 2. The Morgan fingerprint density at radius 2 is 1.98 bits per heavy atom. The highest BCUT2D eigenvalue weighted by Crippen LogP contribution is 2.32. The minimum atomic E-state index is 0.357. The molecule has 0 saturated heterocycles. The zero-order valence-electron chi connectivity index (χ0n) is 25.2. The molecular weight excluding hydrogens is 530 g/mol. The summed E-state index contributed by atoms with van der Waals surface area (Å²) in [6.45, 7) is 16.9. The van der Waals surface area contributed by atoms with Crippen LogP contribution in [0.4, 0.5) is 11.5 Å². The molecule has 0 radical (unpaired) electrons. The zero-order chi connectivity index (χ0) is 29.6. The molecule has 0 aliphatic heterocycles. The highest BCUT2D eigenvalue weighted by Gasteiger charge is 2.13. The lowest BCUT2D eigenvalue weighted by molar-refractivity contribution is 0.194. The van der Waals surface area contributed by atoms with Gasteiger partial charge in [0.2, 0.25) is 0 Å². The molecule has 1 aromatic carbocycles. The summed E-state index contributed by atoms with van der Waals surface area (Å²) in [4.78, 5) is 14.7. The summed E-state index contributed by atoms with van der Waals surface area (Å²) in [5, 5.41) is 7.78. The van der Waals surface area contributed by atoms with E-state index < -0.39 is 0 Å². The Morgan fingerprint density at radius 3 is 2.68 bits per heavy atom. The molecule has 8 heteroatoms. The molecule has 2 aromatic heterocycles. The molecular formula is C33H43N5O2S. The summed E-state index contributed by atoms with van der Waals surface area (Å²) in [5.41, 5.74) is 4.71. The second kappa shape index (κ2) is 16.6. The van der Waals surface area contributed by atoms with E-state index in [0.717, 1.165) is 81.8 Å². The van der Waals surface area contributed by atoms with Crippen LogP contribution in [0.5, 0.6) is 5.75 Å². The van der Waals surface area contributed by atoms with Gasteiger partial charge in [0.05, 0.1) is 0 Å². The third kappa shape index (κ3) is 10.4. The molecule has 0 aliphatic rings. The summed E-state index contributed by atoms with van der Waals surface area (Å²) in [6.07, 6.45) is 15.9. The summed E-state index contributed by atoms with van der Waals surface area (Å²) in [7, 11) is 1.73. The van der Waals surface area contributed by atoms with Gasteiger partial charge < -0.3 is 20.1 Å². The number of methoxy groups -OCH3 is 1. The van der Waals surface area contributed by atoms with Crippen LogP contribution in [0.1, 0.15) is 51.1 Å². The fourth-order valence-electron chi connectivity index (χ4n) is 3.90. The number of hydrogen-bond donors (Lipinski definition) is 2. The minimum Gasteiger partial charge on any atom is -0.457 e. The number of ether oxygens (including phenoxy) is 2. The minimum absolute atomic E-state index is 0.357. The fourth-order valence-corrected chi connectivity index (χ4v) is 4.87. The van der Waals surface area contributed by atoms with Crippen LogP contribution >= 0.6 is 11.3 Å². The van der Waals surface area contributed by atoms with E-state index in [1.54, 1.807) is 24.8 Å². The van der Waals surface area contributed by atoms with Crippen LogP contribution in [0.2, 0.25) is 0 Å². The van der Waals surface area contributed by atoms with Crippen LogP contribution < -0.4 is 15.4 Å². The van der Waals surface area contributed by atoms with Crippen molar-refractivity contribution in [3.63, 3.8) is 0 Å². The number of thiazole rings is 1. The lowest BCUT2D eigenvalue weighted by atomic mass is 10.1. The average molecular weight is 574 g/mol. The SMILES string of the molecule is C=C(C)/C=C\C(=C/C(C)C)Oc1ccc(Nc2ncnc3sc(C(/C=C\CCNCCCOC)=C/C)nc23)cc1C. The van der Waals surface area contributed by atoms with Crippen LogP contribution in [0.3, 0.4) is 0 Å². The topological polar surface area (TPSA) is 81.2 Å². The predicted molar refractivity (Wildman–Crippen MR) is 174 cm³/mol. The van der Waals surface area contributed by atoms with Crippen LogP contribution in [-0.2, 0) is 4.74 Å². The number of hydrogen-bond acceptors (Lipinski definition) is 8. The number of aryl methyl sites for hydroxylation is 1. The average Bonchev–Trinajstić information content (AvgIpc) is 3.37. The quantitative estimate of drug-likeness (QED) is 0.102. The molecule has 0 saturated carbocycles. The first kappa shape index (κ1) is 31.9. The second-order valence-electron chi connectivity index (χ2n) is 10.1.